The number of ketones is 1. The average molecular weight is 342 g/mol. The molecule has 0 saturated heterocycles. The van der Waals surface area contributed by atoms with Crippen molar-refractivity contribution in [3.05, 3.63) is 12.2 Å². The van der Waals surface area contributed by atoms with E-state index in [0.717, 1.165) is 19.3 Å². The molecule has 5 unspecified atom stereocenters. The molecule has 0 amide bonds. The van der Waals surface area contributed by atoms with E-state index >= 15 is 0 Å². The first-order chi connectivity index (χ1) is 11.3. The normalized spacial score (nSPS) is 28.3. The maximum atomic E-state index is 11.9. The zero-order valence-corrected chi connectivity index (χ0v) is 14.3. The highest BCUT2D eigenvalue weighted by atomic mass is 16.4. The minimum Gasteiger partial charge on any atom is -0.481 e. The summed E-state index contributed by atoms with van der Waals surface area (Å²) in [4.78, 5) is 22.4. The Labute approximate surface area is 143 Å². The first-order valence-corrected chi connectivity index (χ1v) is 8.81. The Balaban J connectivity index is 2.58. The molecule has 5 atom stereocenters. The van der Waals surface area contributed by atoms with Gasteiger partial charge in [0.2, 0.25) is 0 Å². The lowest BCUT2D eigenvalue weighted by atomic mass is 9.87. The lowest BCUT2D eigenvalue weighted by molar-refractivity contribution is -0.138. The van der Waals surface area contributed by atoms with Crippen LogP contribution in [0.25, 0.3) is 0 Å². The van der Waals surface area contributed by atoms with Crippen LogP contribution in [-0.2, 0) is 9.59 Å². The van der Waals surface area contributed by atoms with E-state index in [0.29, 0.717) is 6.42 Å². The van der Waals surface area contributed by atoms with Crippen molar-refractivity contribution in [3.8, 4) is 0 Å². The van der Waals surface area contributed by atoms with Gasteiger partial charge in [-0.15, -0.1) is 0 Å². The van der Waals surface area contributed by atoms with Gasteiger partial charge in [0.15, 0.2) is 0 Å². The number of carboxylic acids is 1. The lowest BCUT2D eigenvalue weighted by Crippen LogP contribution is -2.24. The molecule has 6 heteroatoms. The number of aliphatic hydroxyl groups is 3. The van der Waals surface area contributed by atoms with E-state index in [-0.39, 0.29) is 31.5 Å². The molecular weight excluding hydrogens is 312 g/mol. The van der Waals surface area contributed by atoms with E-state index < -0.39 is 36.1 Å². The van der Waals surface area contributed by atoms with Gasteiger partial charge >= 0.3 is 5.97 Å². The number of aliphatic hydroxyl groups excluding tert-OH is 3. The summed E-state index contributed by atoms with van der Waals surface area (Å²) in [6.07, 6.45) is 4.86. The highest BCUT2D eigenvalue weighted by Crippen LogP contribution is 2.36. The second-order valence-corrected chi connectivity index (χ2v) is 6.70. The van der Waals surface area contributed by atoms with E-state index in [2.05, 4.69) is 6.92 Å². The van der Waals surface area contributed by atoms with Crippen LogP contribution in [0.3, 0.4) is 0 Å². The number of rotatable bonds is 11. The third-order valence-electron chi connectivity index (χ3n) is 4.66. The third-order valence-corrected chi connectivity index (χ3v) is 4.66. The standard InChI is InChI=1S/C18H30O6/c1-2-3-4-5-12(19)6-8-14-15(17(22)11-16(14)21)10-13(20)7-9-18(23)24/h6,8,12,14-17,19,21-22H,2-5,7,9-11H2,1H3,(H,23,24). The van der Waals surface area contributed by atoms with E-state index in [1.54, 1.807) is 12.2 Å². The minimum absolute atomic E-state index is 0.0481. The smallest absolute Gasteiger partial charge is 0.303 e. The van der Waals surface area contributed by atoms with Gasteiger partial charge in [-0.2, -0.15) is 0 Å². The van der Waals surface area contributed by atoms with Gasteiger partial charge in [0, 0.05) is 31.1 Å². The summed E-state index contributed by atoms with van der Waals surface area (Å²) in [6.45, 7) is 2.09. The summed E-state index contributed by atoms with van der Waals surface area (Å²) >= 11 is 0. The van der Waals surface area contributed by atoms with Crippen LogP contribution in [0.2, 0.25) is 0 Å². The summed E-state index contributed by atoms with van der Waals surface area (Å²) in [6, 6.07) is 0. The zero-order valence-electron chi connectivity index (χ0n) is 14.3. The first-order valence-electron chi connectivity index (χ1n) is 8.81. The molecule has 4 N–H and O–H groups in total. The van der Waals surface area contributed by atoms with E-state index in [4.69, 9.17) is 5.11 Å². The Morgan fingerprint density at radius 1 is 1.17 bits per heavy atom. The number of aliphatic carboxylic acids is 1. The van der Waals surface area contributed by atoms with Gasteiger partial charge in [-0.05, 0) is 6.42 Å². The van der Waals surface area contributed by atoms with Crippen LogP contribution in [0.15, 0.2) is 12.2 Å². The second-order valence-electron chi connectivity index (χ2n) is 6.70. The quantitative estimate of drug-likeness (QED) is 0.335. The van der Waals surface area contributed by atoms with Gasteiger partial charge in [0.1, 0.15) is 5.78 Å². The molecule has 1 rings (SSSR count). The van der Waals surface area contributed by atoms with Gasteiger partial charge in [-0.3, -0.25) is 9.59 Å². The molecule has 0 spiro atoms. The summed E-state index contributed by atoms with van der Waals surface area (Å²) in [5, 5.41) is 38.7. The Morgan fingerprint density at radius 3 is 2.50 bits per heavy atom. The zero-order chi connectivity index (χ0) is 18.1. The fourth-order valence-corrected chi connectivity index (χ4v) is 3.23. The van der Waals surface area contributed by atoms with Crippen molar-refractivity contribution in [1.29, 1.82) is 0 Å². The number of Topliss-reactive ketones (excluding diaryl/α,β-unsaturated/α-hetero) is 1. The van der Waals surface area contributed by atoms with Gasteiger partial charge in [-0.1, -0.05) is 38.3 Å². The summed E-state index contributed by atoms with van der Waals surface area (Å²) in [7, 11) is 0. The maximum Gasteiger partial charge on any atom is 0.303 e. The summed E-state index contributed by atoms with van der Waals surface area (Å²) in [5.74, 6) is -2.07. The molecule has 6 nitrogen and oxygen atoms in total. The van der Waals surface area contributed by atoms with Crippen LogP contribution in [0.5, 0.6) is 0 Å². The van der Waals surface area contributed by atoms with Crippen molar-refractivity contribution in [1.82, 2.24) is 0 Å². The van der Waals surface area contributed by atoms with E-state index in [1.165, 1.54) is 0 Å². The van der Waals surface area contributed by atoms with Gasteiger partial charge < -0.3 is 20.4 Å². The number of hydrogen-bond donors (Lipinski definition) is 4. The topological polar surface area (TPSA) is 115 Å². The molecule has 1 fully saturated rings. The molecule has 24 heavy (non-hydrogen) atoms. The van der Waals surface area contributed by atoms with Crippen molar-refractivity contribution in [2.24, 2.45) is 11.8 Å². The largest absolute Gasteiger partial charge is 0.481 e. The van der Waals surface area contributed by atoms with Crippen molar-refractivity contribution in [3.63, 3.8) is 0 Å². The molecule has 0 aromatic carbocycles. The summed E-state index contributed by atoms with van der Waals surface area (Å²) < 4.78 is 0. The van der Waals surface area contributed by atoms with Crippen LogP contribution < -0.4 is 0 Å². The molecule has 0 bridgehead atoms. The number of carboxylic acid groups (broad SMARTS) is 1. The average Bonchev–Trinajstić information content (AvgIpc) is 2.77. The molecule has 0 aromatic heterocycles. The van der Waals surface area contributed by atoms with E-state index in [1.807, 2.05) is 0 Å². The molecule has 1 aliphatic rings. The van der Waals surface area contributed by atoms with Crippen molar-refractivity contribution in [2.75, 3.05) is 0 Å². The fourth-order valence-electron chi connectivity index (χ4n) is 3.23. The monoisotopic (exact) mass is 342 g/mol. The van der Waals surface area contributed by atoms with Crippen LogP contribution in [0.4, 0.5) is 0 Å². The van der Waals surface area contributed by atoms with Crippen molar-refractivity contribution >= 4 is 11.8 Å². The highest BCUT2D eigenvalue weighted by Gasteiger charge is 2.41. The molecular formula is C18H30O6. The Bertz CT molecular complexity index is 433. The van der Waals surface area contributed by atoms with Gasteiger partial charge in [-0.25, -0.2) is 0 Å². The molecule has 1 saturated carbocycles. The molecule has 138 valence electrons. The second kappa shape index (κ2) is 10.6. The van der Waals surface area contributed by atoms with Crippen LogP contribution in [0, 0.1) is 11.8 Å². The molecule has 0 heterocycles. The number of hydrogen-bond acceptors (Lipinski definition) is 5. The van der Waals surface area contributed by atoms with Crippen LogP contribution in [0.1, 0.15) is 58.3 Å². The predicted molar refractivity (Wildman–Crippen MR) is 89.4 cm³/mol. The van der Waals surface area contributed by atoms with Gasteiger partial charge in [0.05, 0.1) is 24.7 Å². The minimum atomic E-state index is -1.03. The third kappa shape index (κ3) is 7.11. The van der Waals surface area contributed by atoms with Crippen molar-refractivity contribution < 1.29 is 30.0 Å². The highest BCUT2D eigenvalue weighted by molar-refractivity contribution is 5.82. The first kappa shape index (κ1) is 20.8. The van der Waals surface area contributed by atoms with Crippen LogP contribution in [-0.4, -0.2) is 50.5 Å². The molecule has 0 radical (unpaired) electrons. The summed E-state index contributed by atoms with van der Waals surface area (Å²) in [5.41, 5.74) is 0. The molecule has 0 aromatic rings. The Hall–Kier alpha value is -1.24. The number of carbonyl (C=O) groups excluding carboxylic acids is 1. The fraction of sp³-hybridized carbons (Fsp3) is 0.778. The number of unbranched alkanes of at least 4 members (excludes halogenated alkanes) is 2. The predicted octanol–water partition coefficient (Wildman–Crippen LogP) is 1.67. The maximum absolute atomic E-state index is 11.9. The Kier molecular flexibility index (Phi) is 9.18. The SMILES string of the molecule is CCCCCC(O)C=CC1C(O)CC(O)C1CC(=O)CCC(=O)O. The lowest BCUT2D eigenvalue weighted by Gasteiger charge is -2.20. The molecule has 1 aliphatic carbocycles. The Morgan fingerprint density at radius 2 is 1.88 bits per heavy atom. The molecule has 0 aliphatic heterocycles. The van der Waals surface area contributed by atoms with Crippen LogP contribution >= 0.6 is 0 Å². The van der Waals surface area contributed by atoms with Crippen molar-refractivity contribution in [2.45, 2.75) is 76.6 Å². The van der Waals surface area contributed by atoms with Gasteiger partial charge in [0.25, 0.3) is 0 Å². The van der Waals surface area contributed by atoms with E-state index in [9.17, 15) is 24.9 Å². The number of carbonyl (C=O) groups is 2.